The van der Waals surface area contributed by atoms with E-state index in [9.17, 15) is 4.79 Å². The summed E-state index contributed by atoms with van der Waals surface area (Å²) in [5.74, 6) is 0.966. The molecule has 2 rings (SSSR count). The highest BCUT2D eigenvalue weighted by Gasteiger charge is 2.11. The lowest BCUT2D eigenvalue weighted by atomic mass is 10.0. The zero-order valence-corrected chi connectivity index (χ0v) is 29.3. The predicted molar refractivity (Wildman–Crippen MR) is 191 cm³/mol. The molecule has 0 radical (unpaired) electrons. The average molecular weight is 623 g/mol. The molecule has 0 heterocycles. The SMILES string of the molecule is CCCCCCCCCCCCCCCCCCOC(C)c1ccc(OC(=O)c2ccc(OCCCCCCCC)cc2)cc1. The van der Waals surface area contributed by atoms with Crippen molar-refractivity contribution in [2.45, 2.75) is 168 Å². The van der Waals surface area contributed by atoms with Gasteiger partial charge in [0.05, 0.1) is 18.3 Å². The maximum atomic E-state index is 12.6. The second kappa shape index (κ2) is 26.8. The summed E-state index contributed by atoms with van der Waals surface area (Å²) < 4.78 is 17.5. The molecule has 254 valence electrons. The largest absolute Gasteiger partial charge is 0.494 e. The van der Waals surface area contributed by atoms with E-state index in [2.05, 4.69) is 20.8 Å². The highest BCUT2D eigenvalue weighted by atomic mass is 16.5. The van der Waals surface area contributed by atoms with Crippen molar-refractivity contribution in [3.8, 4) is 11.5 Å². The molecule has 0 aliphatic rings. The lowest BCUT2D eigenvalue weighted by Crippen LogP contribution is -2.09. The number of benzene rings is 2. The molecule has 0 aliphatic carbocycles. The van der Waals surface area contributed by atoms with Gasteiger partial charge in [-0.25, -0.2) is 4.79 Å². The molecule has 4 nitrogen and oxygen atoms in total. The molecular formula is C41H66O4. The van der Waals surface area contributed by atoms with Crippen LogP contribution in [0.3, 0.4) is 0 Å². The number of unbranched alkanes of at least 4 members (excludes halogenated alkanes) is 20. The van der Waals surface area contributed by atoms with Crippen molar-refractivity contribution in [1.82, 2.24) is 0 Å². The minimum absolute atomic E-state index is 0.0231. The number of rotatable bonds is 29. The van der Waals surface area contributed by atoms with Crippen LogP contribution >= 0.6 is 0 Å². The van der Waals surface area contributed by atoms with E-state index in [1.54, 1.807) is 12.1 Å². The van der Waals surface area contributed by atoms with Gasteiger partial charge < -0.3 is 14.2 Å². The van der Waals surface area contributed by atoms with E-state index in [0.29, 0.717) is 17.9 Å². The van der Waals surface area contributed by atoms with E-state index in [1.165, 1.54) is 128 Å². The van der Waals surface area contributed by atoms with E-state index in [4.69, 9.17) is 14.2 Å². The molecular weight excluding hydrogens is 556 g/mol. The van der Waals surface area contributed by atoms with Gasteiger partial charge >= 0.3 is 5.97 Å². The summed E-state index contributed by atoms with van der Waals surface area (Å²) in [4.78, 5) is 12.6. The summed E-state index contributed by atoms with van der Waals surface area (Å²) in [6, 6.07) is 14.9. The second-order valence-electron chi connectivity index (χ2n) is 12.9. The first kappa shape index (κ1) is 38.9. The summed E-state index contributed by atoms with van der Waals surface area (Å²) in [5, 5.41) is 0. The molecule has 0 saturated carbocycles. The zero-order chi connectivity index (χ0) is 32.2. The summed E-state index contributed by atoms with van der Waals surface area (Å²) in [5.41, 5.74) is 1.61. The molecule has 0 N–H and O–H groups in total. The summed E-state index contributed by atoms with van der Waals surface area (Å²) in [6.45, 7) is 8.11. The third-order valence-corrected chi connectivity index (χ3v) is 8.78. The molecule has 1 atom stereocenters. The van der Waals surface area contributed by atoms with Crippen molar-refractivity contribution in [2.24, 2.45) is 0 Å². The van der Waals surface area contributed by atoms with Gasteiger partial charge in [0.15, 0.2) is 0 Å². The first-order valence-corrected chi connectivity index (χ1v) is 18.8. The highest BCUT2D eigenvalue weighted by molar-refractivity contribution is 5.91. The summed E-state index contributed by atoms with van der Waals surface area (Å²) >= 11 is 0. The first-order chi connectivity index (χ1) is 22.1. The highest BCUT2D eigenvalue weighted by Crippen LogP contribution is 2.22. The van der Waals surface area contributed by atoms with Gasteiger partial charge in [0.2, 0.25) is 0 Å². The molecule has 0 aromatic heterocycles. The predicted octanol–water partition coefficient (Wildman–Crippen LogP) is 13.0. The Balaban J connectivity index is 1.48. The fourth-order valence-corrected chi connectivity index (χ4v) is 5.74. The van der Waals surface area contributed by atoms with E-state index < -0.39 is 0 Å². The van der Waals surface area contributed by atoms with E-state index >= 15 is 0 Å². The second-order valence-corrected chi connectivity index (χ2v) is 12.9. The van der Waals surface area contributed by atoms with Gasteiger partial charge in [-0.3, -0.25) is 0 Å². The van der Waals surface area contributed by atoms with Gasteiger partial charge in [-0.1, -0.05) is 154 Å². The van der Waals surface area contributed by atoms with Crippen LogP contribution in [0.15, 0.2) is 48.5 Å². The quantitative estimate of drug-likeness (QED) is 0.0514. The number of hydrogen-bond donors (Lipinski definition) is 0. The lowest BCUT2D eigenvalue weighted by molar-refractivity contribution is 0.0627. The van der Waals surface area contributed by atoms with Gasteiger partial charge in [-0.2, -0.15) is 0 Å². The third kappa shape index (κ3) is 19.7. The molecule has 0 spiro atoms. The summed E-state index contributed by atoms with van der Waals surface area (Å²) in [7, 11) is 0. The summed E-state index contributed by atoms with van der Waals surface area (Å²) in [6.07, 6.45) is 29.5. The Morgan fingerprint density at radius 1 is 0.511 bits per heavy atom. The zero-order valence-electron chi connectivity index (χ0n) is 29.3. The van der Waals surface area contributed by atoms with Crippen LogP contribution in [0.2, 0.25) is 0 Å². The number of esters is 1. The van der Waals surface area contributed by atoms with Crippen LogP contribution in [-0.2, 0) is 4.74 Å². The van der Waals surface area contributed by atoms with Gasteiger partial charge in [-0.15, -0.1) is 0 Å². The van der Waals surface area contributed by atoms with Gasteiger partial charge in [-0.05, 0) is 61.7 Å². The Bertz CT molecular complexity index is 952. The Morgan fingerprint density at radius 3 is 1.38 bits per heavy atom. The van der Waals surface area contributed by atoms with Crippen molar-refractivity contribution in [1.29, 1.82) is 0 Å². The Morgan fingerprint density at radius 2 is 0.911 bits per heavy atom. The standard InChI is InChI=1S/C41H66O4/c1-4-6-8-10-12-13-14-15-16-17-18-19-20-21-23-24-34-43-36(3)37-26-32-40(33-27-37)45-41(42)38-28-30-39(31-29-38)44-35-25-22-11-9-7-5-2/h26-33,36H,4-25,34-35H2,1-3H3. The molecule has 0 amide bonds. The van der Waals surface area contributed by atoms with Crippen molar-refractivity contribution in [3.63, 3.8) is 0 Å². The monoisotopic (exact) mass is 622 g/mol. The van der Waals surface area contributed by atoms with Crippen molar-refractivity contribution < 1.29 is 19.0 Å². The van der Waals surface area contributed by atoms with Crippen molar-refractivity contribution in [3.05, 3.63) is 59.7 Å². The van der Waals surface area contributed by atoms with Crippen LogP contribution in [0.4, 0.5) is 0 Å². The van der Waals surface area contributed by atoms with Gasteiger partial charge in [0.25, 0.3) is 0 Å². The Kier molecular flexibility index (Phi) is 23.2. The van der Waals surface area contributed by atoms with Crippen molar-refractivity contribution >= 4 is 5.97 Å². The maximum absolute atomic E-state index is 12.6. The first-order valence-electron chi connectivity index (χ1n) is 18.8. The molecule has 4 heteroatoms. The molecule has 0 aliphatic heterocycles. The Labute approximate surface area is 277 Å². The van der Waals surface area contributed by atoms with Crippen LogP contribution in [-0.4, -0.2) is 19.2 Å². The fourth-order valence-electron chi connectivity index (χ4n) is 5.74. The molecule has 0 fully saturated rings. The van der Waals surface area contributed by atoms with Crippen LogP contribution in [0.25, 0.3) is 0 Å². The van der Waals surface area contributed by atoms with E-state index in [0.717, 1.165) is 30.8 Å². The van der Waals surface area contributed by atoms with Gasteiger partial charge in [0.1, 0.15) is 11.5 Å². The number of carbonyl (C=O) groups is 1. The van der Waals surface area contributed by atoms with Crippen LogP contribution in [0.5, 0.6) is 11.5 Å². The molecule has 45 heavy (non-hydrogen) atoms. The molecule has 0 saturated heterocycles. The fraction of sp³-hybridized carbons (Fsp3) is 0.683. The molecule has 2 aromatic rings. The topological polar surface area (TPSA) is 44.8 Å². The lowest BCUT2D eigenvalue weighted by Gasteiger charge is -2.14. The van der Waals surface area contributed by atoms with E-state index in [1.807, 2.05) is 36.4 Å². The van der Waals surface area contributed by atoms with Crippen molar-refractivity contribution in [2.75, 3.05) is 13.2 Å². The minimum Gasteiger partial charge on any atom is -0.494 e. The average Bonchev–Trinajstić information content (AvgIpc) is 3.06. The maximum Gasteiger partial charge on any atom is 0.343 e. The third-order valence-electron chi connectivity index (χ3n) is 8.78. The van der Waals surface area contributed by atoms with Crippen LogP contribution < -0.4 is 9.47 Å². The van der Waals surface area contributed by atoms with Crippen LogP contribution in [0.1, 0.15) is 184 Å². The van der Waals surface area contributed by atoms with Crippen LogP contribution in [0, 0.1) is 0 Å². The number of hydrogen-bond acceptors (Lipinski definition) is 4. The van der Waals surface area contributed by atoms with E-state index in [-0.39, 0.29) is 12.1 Å². The molecule has 1 unspecified atom stereocenters. The smallest absolute Gasteiger partial charge is 0.343 e. The number of carbonyl (C=O) groups excluding carboxylic acids is 1. The molecule has 0 bridgehead atoms. The Hall–Kier alpha value is -2.33. The minimum atomic E-state index is -0.363. The van der Waals surface area contributed by atoms with Gasteiger partial charge in [0, 0.05) is 6.61 Å². The normalized spacial score (nSPS) is 11.9. The number of ether oxygens (including phenoxy) is 3. The molecule has 2 aromatic carbocycles.